The van der Waals surface area contributed by atoms with Crippen LogP contribution in [0.4, 0.5) is 5.69 Å². The molecule has 1 aliphatic heterocycles. The third kappa shape index (κ3) is 4.79. The first-order valence-corrected chi connectivity index (χ1v) is 9.43. The van der Waals surface area contributed by atoms with Gasteiger partial charge in [0.2, 0.25) is 0 Å². The van der Waals surface area contributed by atoms with Crippen LogP contribution in [-0.2, 0) is 30.6 Å². The number of hydrogen-bond acceptors (Lipinski definition) is 5. The Morgan fingerprint density at radius 1 is 1.30 bits per heavy atom. The van der Waals surface area contributed by atoms with Crippen LogP contribution in [0.5, 0.6) is 0 Å². The molecule has 2 atom stereocenters. The van der Waals surface area contributed by atoms with E-state index < -0.39 is 33.7 Å². The van der Waals surface area contributed by atoms with Crippen LogP contribution in [0.3, 0.4) is 0 Å². The highest BCUT2D eigenvalue weighted by molar-refractivity contribution is 7.91. The number of amides is 1. The number of carbonyl (C=O) groups excluding carboxylic acids is 2. The van der Waals surface area contributed by atoms with Gasteiger partial charge in [-0.3, -0.25) is 9.59 Å². The van der Waals surface area contributed by atoms with Crippen LogP contribution >= 0.6 is 0 Å². The van der Waals surface area contributed by atoms with Crippen molar-refractivity contribution in [3.63, 3.8) is 0 Å². The number of nitrogens with one attached hydrogen (secondary N) is 1. The van der Waals surface area contributed by atoms with E-state index in [-0.39, 0.29) is 17.9 Å². The van der Waals surface area contributed by atoms with E-state index in [1.807, 2.05) is 19.1 Å². The molecule has 0 bridgehead atoms. The predicted octanol–water partition coefficient (Wildman–Crippen LogP) is 1.55. The molecule has 126 valence electrons. The maximum atomic E-state index is 12.0. The first-order chi connectivity index (χ1) is 10.8. The Bertz CT molecular complexity index is 681. The second-order valence-electron chi connectivity index (χ2n) is 5.72. The minimum Gasteiger partial charge on any atom is -0.452 e. The van der Waals surface area contributed by atoms with Gasteiger partial charge in [-0.1, -0.05) is 19.1 Å². The number of esters is 1. The van der Waals surface area contributed by atoms with E-state index in [4.69, 9.17) is 4.74 Å². The van der Waals surface area contributed by atoms with E-state index in [1.165, 1.54) is 6.92 Å². The molecule has 1 aromatic carbocycles. The summed E-state index contributed by atoms with van der Waals surface area (Å²) in [6.45, 7) is 3.51. The summed E-state index contributed by atoms with van der Waals surface area (Å²) in [5.74, 6) is -1.94. The van der Waals surface area contributed by atoms with Crippen LogP contribution in [0, 0.1) is 5.92 Å². The van der Waals surface area contributed by atoms with E-state index in [1.54, 1.807) is 12.1 Å². The summed E-state index contributed by atoms with van der Waals surface area (Å²) < 4.78 is 27.8. The number of rotatable bonds is 5. The first kappa shape index (κ1) is 17.5. The van der Waals surface area contributed by atoms with Crippen LogP contribution in [0.2, 0.25) is 0 Å². The van der Waals surface area contributed by atoms with Gasteiger partial charge in [-0.2, -0.15) is 0 Å². The second kappa shape index (κ2) is 7.12. The van der Waals surface area contributed by atoms with E-state index >= 15 is 0 Å². The summed E-state index contributed by atoms with van der Waals surface area (Å²) in [6, 6.07) is 7.40. The molecular formula is C16H21NO5S. The zero-order chi connectivity index (χ0) is 17.0. The number of benzene rings is 1. The molecule has 7 heteroatoms. The molecule has 0 saturated carbocycles. The largest absolute Gasteiger partial charge is 0.452 e. The lowest BCUT2D eigenvalue weighted by Gasteiger charge is -2.15. The normalized spacial score (nSPS) is 20.7. The van der Waals surface area contributed by atoms with Gasteiger partial charge >= 0.3 is 5.97 Å². The Morgan fingerprint density at radius 2 is 1.96 bits per heavy atom. The van der Waals surface area contributed by atoms with Crippen molar-refractivity contribution in [2.24, 2.45) is 5.92 Å². The summed E-state index contributed by atoms with van der Waals surface area (Å²) in [5.41, 5.74) is 1.78. The molecule has 0 unspecified atom stereocenters. The van der Waals surface area contributed by atoms with E-state index in [2.05, 4.69) is 5.32 Å². The lowest BCUT2D eigenvalue weighted by molar-refractivity contribution is -0.156. The van der Waals surface area contributed by atoms with Crippen LogP contribution in [0.1, 0.15) is 25.8 Å². The zero-order valence-electron chi connectivity index (χ0n) is 13.2. The van der Waals surface area contributed by atoms with Crippen molar-refractivity contribution in [3.8, 4) is 0 Å². The van der Waals surface area contributed by atoms with Crippen LogP contribution in [0.15, 0.2) is 24.3 Å². The molecule has 6 nitrogen and oxygen atoms in total. The molecule has 1 fully saturated rings. The van der Waals surface area contributed by atoms with Gasteiger partial charge in [0.1, 0.15) is 0 Å². The molecular weight excluding hydrogens is 318 g/mol. The Labute approximate surface area is 136 Å². The SMILES string of the molecule is CCc1ccc(NC(=O)[C@@H](C)OC(=O)[C@H]2CCS(=O)(=O)C2)cc1. The van der Waals surface area contributed by atoms with Gasteiger partial charge in [-0.25, -0.2) is 8.42 Å². The average Bonchev–Trinajstić information content (AvgIpc) is 2.88. The molecule has 0 aliphatic carbocycles. The van der Waals surface area contributed by atoms with Gasteiger partial charge in [0.25, 0.3) is 5.91 Å². The molecule has 2 rings (SSSR count). The predicted molar refractivity (Wildman–Crippen MR) is 86.8 cm³/mol. The Balaban J connectivity index is 1.88. The molecule has 0 aromatic heterocycles. The van der Waals surface area contributed by atoms with Crippen molar-refractivity contribution in [3.05, 3.63) is 29.8 Å². The second-order valence-corrected chi connectivity index (χ2v) is 7.95. The van der Waals surface area contributed by atoms with Gasteiger partial charge in [-0.05, 0) is 37.5 Å². The topological polar surface area (TPSA) is 89.5 Å². The highest BCUT2D eigenvalue weighted by Gasteiger charge is 2.35. The van der Waals surface area contributed by atoms with Gasteiger partial charge in [0.05, 0.1) is 17.4 Å². The number of aryl methyl sites for hydroxylation is 1. The quantitative estimate of drug-likeness (QED) is 0.822. The maximum absolute atomic E-state index is 12.0. The molecule has 1 saturated heterocycles. The number of anilines is 1. The third-order valence-corrected chi connectivity index (χ3v) is 5.63. The summed E-state index contributed by atoms with van der Waals surface area (Å²) in [6.07, 6.45) is 0.192. The molecule has 0 radical (unpaired) electrons. The zero-order valence-corrected chi connectivity index (χ0v) is 14.1. The summed E-state index contributed by atoms with van der Waals surface area (Å²) in [4.78, 5) is 24.0. The number of carbonyl (C=O) groups is 2. The van der Waals surface area contributed by atoms with Crippen molar-refractivity contribution < 1.29 is 22.7 Å². The van der Waals surface area contributed by atoms with Crippen molar-refractivity contribution in [1.82, 2.24) is 0 Å². The van der Waals surface area contributed by atoms with Crippen LogP contribution < -0.4 is 5.32 Å². The van der Waals surface area contributed by atoms with Crippen molar-refractivity contribution in [2.45, 2.75) is 32.8 Å². The molecule has 0 spiro atoms. The van der Waals surface area contributed by atoms with E-state index in [0.717, 1.165) is 12.0 Å². The highest BCUT2D eigenvalue weighted by atomic mass is 32.2. The third-order valence-electron chi connectivity index (χ3n) is 3.86. The fourth-order valence-electron chi connectivity index (χ4n) is 2.37. The fourth-order valence-corrected chi connectivity index (χ4v) is 4.10. The summed E-state index contributed by atoms with van der Waals surface area (Å²) in [7, 11) is -3.15. The minimum atomic E-state index is -3.15. The minimum absolute atomic E-state index is 0.00286. The maximum Gasteiger partial charge on any atom is 0.310 e. The van der Waals surface area contributed by atoms with Crippen LogP contribution in [-0.4, -0.2) is 37.9 Å². The molecule has 23 heavy (non-hydrogen) atoms. The molecule has 1 heterocycles. The van der Waals surface area contributed by atoms with Crippen LogP contribution in [0.25, 0.3) is 0 Å². The lowest BCUT2D eigenvalue weighted by atomic mass is 10.1. The van der Waals surface area contributed by atoms with Gasteiger partial charge < -0.3 is 10.1 Å². The molecule has 1 aliphatic rings. The van der Waals surface area contributed by atoms with E-state index in [9.17, 15) is 18.0 Å². The van der Waals surface area contributed by atoms with Crippen molar-refractivity contribution >= 4 is 27.4 Å². The molecule has 1 aromatic rings. The first-order valence-electron chi connectivity index (χ1n) is 7.61. The number of ether oxygens (including phenoxy) is 1. The molecule has 1 N–H and O–H groups in total. The standard InChI is InChI=1S/C16H21NO5S/c1-3-12-4-6-14(7-5-12)17-15(18)11(2)22-16(19)13-8-9-23(20,21)10-13/h4-7,11,13H,3,8-10H2,1-2H3,(H,17,18)/t11-,13+/m1/s1. The number of hydrogen-bond donors (Lipinski definition) is 1. The molecule has 1 amide bonds. The van der Waals surface area contributed by atoms with Crippen molar-refractivity contribution in [1.29, 1.82) is 0 Å². The number of sulfone groups is 1. The van der Waals surface area contributed by atoms with E-state index in [0.29, 0.717) is 5.69 Å². The van der Waals surface area contributed by atoms with Crippen molar-refractivity contribution in [2.75, 3.05) is 16.8 Å². The van der Waals surface area contributed by atoms with Gasteiger partial charge in [-0.15, -0.1) is 0 Å². The summed E-state index contributed by atoms with van der Waals surface area (Å²) in [5, 5.41) is 2.67. The average molecular weight is 339 g/mol. The van der Waals surface area contributed by atoms with Gasteiger partial charge in [0.15, 0.2) is 15.9 Å². The smallest absolute Gasteiger partial charge is 0.310 e. The summed E-state index contributed by atoms with van der Waals surface area (Å²) >= 11 is 0. The fraction of sp³-hybridized carbons (Fsp3) is 0.500. The lowest BCUT2D eigenvalue weighted by Crippen LogP contribution is -2.32. The van der Waals surface area contributed by atoms with Gasteiger partial charge in [0, 0.05) is 5.69 Å². The Morgan fingerprint density at radius 3 is 2.48 bits per heavy atom. The Kier molecular flexibility index (Phi) is 5.41. The monoisotopic (exact) mass is 339 g/mol. The highest BCUT2D eigenvalue weighted by Crippen LogP contribution is 2.20. The Hall–Kier alpha value is -1.89.